The van der Waals surface area contributed by atoms with Crippen LogP contribution in [0.4, 0.5) is 0 Å². The van der Waals surface area contributed by atoms with Gasteiger partial charge in [0.05, 0.1) is 0 Å². The van der Waals surface area contributed by atoms with Gasteiger partial charge in [0.2, 0.25) is 0 Å². The van der Waals surface area contributed by atoms with Crippen molar-refractivity contribution in [2.75, 3.05) is 0 Å². The zero-order valence-electron chi connectivity index (χ0n) is 8.44. The molecule has 0 fully saturated rings. The molecular weight excluding hydrogens is 134 g/mol. The van der Waals surface area contributed by atoms with Gasteiger partial charge in [-0.25, -0.2) is 0 Å². The van der Waals surface area contributed by atoms with Gasteiger partial charge in [-0.3, -0.25) is 0 Å². The molecular formula is C10H21N. The lowest BCUT2D eigenvalue weighted by molar-refractivity contribution is 0.590. The van der Waals surface area contributed by atoms with Gasteiger partial charge in [0, 0.05) is 11.7 Å². The van der Waals surface area contributed by atoms with Gasteiger partial charge in [0.15, 0.2) is 0 Å². The molecule has 0 rings (SSSR count). The number of allylic oxidation sites excluding steroid dienone is 2. The van der Waals surface area contributed by atoms with Crippen LogP contribution < -0.4 is 5.32 Å². The van der Waals surface area contributed by atoms with Crippen molar-refractivity contribution in [2.24, 2.45) is 5.92 Å². The zero-order chi connectivity index (χ0) is 8.85. The van der Waals surface area contributed by atoms with Crippen molar-refractivity contribution in [3.05, 3.63) is 11.8 Å². The molecule has 0 saturated carbocycles. The summed E-state index contributed by atoms with van der Waals surface area (Å²) in [6.45, 7) is 10.9. The van der Waals surface area contributed by atoms with E-state index in [1.165, 1.54) is 12.1 Å². The molecule has 0 aliphatic rings. The van der Waals surface area contributed by atoms with Crippen LogP contribution in [0.5, 0.6) is 0 Å². The SMILES string of the molecule is CCC(C)N/C(C)=C/C(C)C. The summed E-state index contributed by atoms with van der Waals surface area (Å²) in [7, 11) is 0. The minimum Gasteiger partial charge on any atom is -0.386 e. The van der Waals surface area contributed by atoms with Gasteiger partial charge in [-0.2, -0.15) is 0 Å². The molecule has 0 aliphatic carbocycles. The van der Waals surface area contributed by atoms with Crippen molar-refractivity contribution < 1.29 is 0 Å². The molecule has 0 saturated heterocycles. The van der Waals surface area contributed by atoms with Crippen molar-refractivity contribution >= 4 is 0 Å². The first kappa shape index (κ1) is 10.5. The summed E-state index contributed by atoms with van der Waals surface area (Å²) >= 11 is 0. The standard InChI is InChI=1S/C10H21N/c1-6-9(4)11-10(5)7-8(2)3/h7-9,11H,6H2,1-5H3/b10-7+. The van der Waals surface area contributed by atoms with E-state index in [0.29, 0.717) is 12.0 Å². The van der Waals surface area contributed by atoms with Crippen LogP contribution in [0.3, 0.4) is 0 Å². The fraction of sp³-hybridized carbons (Fsp3) is 0.800. The molecule has 1 unspecified atom stereocenters. The van der Waals surface area contributed by atoms with Gasteiger partial charge in [0.25, 0.3) is 0 Å². The zero-order valence-corrected chi connectivity index (χ0v) is 8.44. The highest BCUT2D eigenvalue weighted by Gasteiger charge is 1.96. The Kier molecular flexibility index (Phi) is 5.01. The second-order valence-corrected chi connectivity index (χ2v) is 3.55. The van der Waals surface area contributed by atoms with E-state index in [0.717, 1.165) is 0 Å². The van der Waals surface area contributed by atoms with E-state index in [1.807, 2.05) is 0 Å². The maximum atomic E-state index is 3.42. The fourth-order valence-corrected chi connectivity index (χ4v) is 1.04. The van der Waals surface area contributed by atoms with Gasteiger partial charge >= 0.3 is 0 Å². The average molecular weight is 155 g/mol. The molecule has 0 amide bonds. The molecule has 1 N–H and O–H groups in total. The molecule has 1 heteroatoms. The number of hydrogen-bond donors (Lipinski definition) is 1. The lowest BCUT2D eigenvalue weighted by atomic mass is 10.2. The van der Waals surface area contributed by atoms with E-state index in [2.05, 4.69) is 46.0 Å². The van der Waals surface area contributed by atoms with Crippen LogP contribution in [-0.2, 0) is 0 Å². The molecule has 0 heterocycles. The molecule has 0 aliphatic heterocycles. The maximum Gasteiger partial charge on any atom is 0.0227 e. The third-order valence-electron chi connectivity index (χ3n) is 1.67. The van der Waals surface area contributed by atoms with Crippen LogP contribution in [0.1, 0.15) is 41.0 Å². The summed E-state index contributed by atoms with van der Waals surface area (Å²) < 4.78 is 0. The summed E-state index contributed by atoms with van der Waals surface area (Å²) in [6.07, 6.45) is 3.44. The summed E-state index contributed by atoms with van der Waals surface area (Å²) in [5.74, 6) is 0.645. The Bertz CT molecular complexity index is 125. The Morgan fingerprint density at radius 1 is 1.36 bits per heavy atom. The summed E-state index contributed by atoms with van der Waals surface area (Å²) in [6, 6.07) is 0.602. The molecule has 0 aromatic heterocycles. The molecule has 1 atom stereocenters. The predicted molar refractivity (Wildman–Crippen MR) is 51.5 cm³/mol. The Hall–Kier alpha value is -0.460. The molecule has 0 aromatic carbocycles. The highest BCUT2D eigenvalue weighted by atomic mass is 14.9. The minimum atomic E-state index is 0.602. The number of hydrogen-bond acceptors (Lipinski definition) is 1. The molecule has 0 spiro atoms. The van der Waals surface area contributed by atoms with Gasteiger partial charge in [-0.05, 0) is 26.2 Å². The van der Waals surface area contributed by atoms with Crippen molar-refractivity contribution in [1.82, 2.24) is 5.32 Å². The Balaban J connectivity index is 3.76. The van der Waals surface area contributed by atoms with E-state index in [9.17, 15) is 0 Å². The Morgan fingerprint density at radius 3 is 2.27 bits per heavy atom. The van der Waals surface area contributed by atoms with Crippen LogP contribution in [-0.4, -0.2) is 6.04 Å². The number of nitrogens with one attached hydrogen (secondary N) is 1. The molecule has 66 valence electrons. The predicted octanol–water partition coefficient (Wildman–Crippen LogP) is 2.93. The molecule has 0 radical (unpaired) electrons. The van der Waals surface area contributed by atoms with Crippen molar-refractivity contribution in [3.8, 4) is 0 Å². The van der Waals surface area contributed by atoms with Crippen LogP contribution in [0.15, 0.2) is 11.8 Å². The molecule has 0 bridgehead atoms. The van der Waals surface area contributed by atoms with E-state index in [-0.39, 0.29) is 0 Å². The molecule has 0 aromatic rings. The number of rotatable bonds is 4. The largest absolute Gasteiger partial charge is 0.386 e. The highest BCUT2D eigenvalue weighted by molar-refractivity contribution is 4.98. The van der Waals surface area contributed by atoms with Crippen molar-refractivity contribution in [1.29, 1.82) is 0 Å². The first-order valence-electron chi connectivity index (χ1n) is 4.51. The van der Waals surface area contributed by atoms with Crippen LogP contribution in [0.25, 0.3) is 0 Å². The Labute approximate surface area is 70.9 Å². The average Bonchev–Trinajstić information content (AvgIpc) is 1.85. The quantitative estimate of drug-likeness (QED) is 0.658. The van der Waals surface area contributed by atoms with Gasteiger partial charge in [-0.15, -0.1) is 0 Å². The lowest BCUT2D eigenvalue weighted by Gasteiger charge is -2.13. The lowest BCUT2D eigenvalue weighted by Crippen LogP contribution is -2.23. The summed E-state index contributed by atoms with van der Waals surface area (Å²) in [4.78, 5) is 0. The van der Waals surface area contributed by atoms with Crippen LogP contribution in [0, 0.1) is 5.92 Å². The van der Waals surface area contributed by atoms with Gasteiger partial charge < -0.3 is 5.32 Å². The maximum absolute atomic E-state index is 3.42. The molecule has 11 heavy (non-hydrogen) atoms. The summed E-state index contributed by atoms with van der Waals surface area (Å²) in [5, 5.41) is 3.42. The Morgan fingerprint density at radius 2 is 1.91 bits per heavy atom. The third-order valence-corrected chi connectivity index (χ3v) is 1.67. The van der Waals surface area contributed by atoms with E-state index < -0.39 is 0 Å². The highest BCUT2D eigenvalue weighted by Crippen LogP contribution is 2.00. The first-order valence-corrected chi connectivity index (χ1v) is 4.51. The van der Waals surface area contributed by atoms with E-state index >= 15 is 0 Å². The fourth-order valence-electron chi connectivity index (χ4n) is 1.04. The smallest absolute Gasteiger partial charge is 0.0227 e. The molecule has 1 nitrogen and oxygen atoms in total. The second-order valence-electron chi connectivity index (χ2n) is 3.55. The monoisotopic (exact) mass is 155 g/mol. The minimum absolute atomic E-state index is 0.602. The van der Waals surface area contributed by atoms with Gasteiger partial charge in [0.1, 0.15) is 0 Å². The van der Waals surface area contributed by atoms with E-state index in [4.69, 9.17) is 0 Å². The van der Waals surface area contributed by atoms with Crippen molar-refractivity contribution in [2.45, 2.75) is 47.1 Å². The first-order chi connectivity index (χ1) is 5.06. The topological polar surface area (TPSA) is 12.0 Å². The van der Waals surface area contributed by atoms with Crippen LogP contribution in [0.2, 0.25) is 0 Å². The van der Waals surface area contributed by atoms with E-state index in [1.54, 1.807) is 0 Å². The van der Waals surface area contributed by atoms with Crippen LogP contribution >= 0.6 is 0 Å². The third kappa shape index (κ3) is 5.96. The summed E-state index contributed by atoms with van der Waals surface area (Å²) in [5.41, 5.74) is 1.30. The second kappa shape index (κ2) is 5.22. The van der Waals surface area contributed by atoms with Crippen molar-refractivity contribution in [3.63, 3.8) is 0 Å². The van der Waals surface area contributed by atoms with Gasteiger partial charge in [-0.1, -0.05) is 26.8 Å². The normalized spacial score (nSPS) is 15.3.